The molecule has 1 atom stereocenters. The zero-order chi connectivity index (χ0) is 21.5. The predicted octanol–water partition coefficient (Wildman–Crippen LogP) is 2.68. The van der Waals surface area contributed by atoms with Crippen molar-refractivity contribution < 1.29 is 23.8 Å². The summed E-state index contributed by atoms with van der Waals surface area (Å²) in [4.78, 5) is 27.7. The SMILES string of the molecule is COc1ccc(C(=O)CN2CCC[C@H]2C(=O)NCc2ccccc2)c(OC)c1OC. The van der Waals surface area contributed by atoms with Gasteiger partial charge in [-0.15, -0.1) is 0 Å². The van der Waals surface area contributed by atoms with Crippen LogP contribution in [0, 0.1) is 0 Å². The van der Waals surface area contributed by atoms with Crippen molar-refractivity contribution in [1.82, 2.24) is 10.2 Å². The van der Waals surface area contributed by atoms with Gasteiger partial charge in [0, 0.05) is 6.54 Å². The lowest BCUT2D eigenvalue weighted by atomic mass is 10.1. The van der Waals surface area contributed by atoms with Crippen LogP contribution in [0.4, 0.5) is 0 Å². The van der Waals surface area contributed by atoms with Gasteiger partial charge in [0.2, 0.25) is 11.7 Å². The van der Waals surface area contributed by atoms with Crippen molar-refractivity contribution in [3.8, 4) is 17.2 Å². The maximum Gasteiger partial charge on any atom is 0.237 e. The molecule has 0 aromatic heterocycles. The number of hydrogen-bond donors (Lipinski definition) is 1. The summed E-state index contributed by atoms with van der Waals surface area (Å²) in [6.45, 7) is 1.31. The van der Waals surface area contributed by atoms with E-state index < -0.39 is 0 Å². The number of likely N-dealkylation sites (tertiary alicyclic amines) is 1. The number of ketones is 1. The van der Waals surface area contributed by atoms with Gasteiger partial charge in [0.25, 0.3) is 0 Å². The second-order valence-corrected chi connectivity index (χ2v) is 7.14. The van der Waals surface area contributed by atoms with Gasteiger partial charge >= 0.3 is 0 Å². The highest BCUT2D eigenvalue weighted by molar-refractivity contribution is 6.01. The minimum absolute atomic E-state index is 0.0524. The largest absolute Gasteiger partial charge is 0.493 e. The number of nitrogens with zero attached hydrogens (tertiary/aromatic N) is 1. The highest BCUT2D eigenvalue weighted by atomic mass is 16.5. The lowest BCUT2D eigenvalue weighted by Gasteiger charge is -2.23. The minimum Gasteiger partial charge on any atom is -0.493 e. The van der Waals surface area contributed by atoms with Crippen LogP contribution in [0.3, 0.4) is 0 Å². The number of ether oxygens (including phenoxy) is 3. The summed E-state index contributed by atoms with van der Waals surface area (Å²) >= 11 is 0. The molecule has 30 heavy (non-hydrogen) atoms. The molecule has 1 amide bonds. The van der Waals surface area contributed by atoms with E-state index in [0.29, 0.717) is 35.9 Å². The molecule has 0 unspecified atom stereocenters. The molecule has 1 aliphatic rings. The third-order valence-corrected chi connectivity index (χ3v) is 5.33. The van der Waals surface area contributed by atoms with Gasteiger partial charge in [0.15, 0.2) is 17.3 Å². The van der Waals surface area contributed by atoms with E-state index in [4.69, 9.17) is 14.2 Å². The van der Waals surface area contributed by atoms with Gasteiger partial charge in [-0.3, -0.25) is 14.5 Å². The van der Waals surface area contributed by atoms with Gasteiger partial charge in [-0.2, -0.15) is 0 Å². The Labute approximate surface area is 176 Å². The molecular weight excluding hydrogens is 384 g/mol. The average Bonchev–Trinajstić information content (AvgIpc) is 3.24. The van der Waals surface area contributed by atoms with E-state index in [-0.39, 0.29) is 24.3 Å². The first-order valence-electron chi connectivity index (χ1n) is 9.96. The van der Waals surface area contributed by atoms with E-state index >= 15 is 0 Å². The molecule has 0 saturated carbocycles. The van der Waals surface area contributed by atoms with E-state index in [0.717, 1.165) is 18.4 Å². The molecule has 1 aliphatic heterocycles. The second kappa shape index (κ2) is 10.1. The monoisotopic (exact) mass is 412 g/mol. The summed E-state index contributed by atoms with van der Waals surface area (Å²) in [6.07, 6.45) is 1.61. The van der Waals surface area contributed by atoms with Crippen LogP contribution >= 0.6 is 0 Å². The van der Waals surface area contributed by atoms with E-state index in [1.807, 2.05) is 35.2 Å². The maximum atomic E-state index is 13.0. The van der Waals surface area contributed by atoms with Crippen molar-refractivity contribution >= 4 is 11.7 Å². The Bertz CT molecular complexity index is 885. The van der Waals surface area contributed by atoms with E-state index in [9.17, 15) is 9.59 Å². The van der Waals surface area contributed by atoms with Crippen LogP contribution in [0.5, 0.6) is 17.2 Å². The van der Waals surface area contributed by atoms with Crippen molar-refractivity contribution in [3.63, 3.8) is 0 Å². The minimum atomic E-state index is -0.316. The van der Waals surface area contributed by atoms with Crippen molar-refractivity contribution in [2.75, 3.05) is 34.4 Å². The predicted molar refractivity (Wildman–Crippen MR) is 113 cm³/mol. The molecule has 1 N–H and O–H groups in total. The molecule has 0 bridgehead atoms. The summed E-state index contributed by atoms with van der Waals surface area (Å²) in [5, 5.41) is 2.99. The van der Waals surface area contributed by atoms with Gasteiger partial charge in [0.1, 0.15) is 0 Å². The van der Waals surface area contributed by atoms with E-state index in [1.54, 1.807) is 12.1 Å². The summed E-state index contributed by atoms with van der Waals surface area (Å²) in [5.41, 5.74) is 1.45. The second-order valence-electron chi connectivity index (χ2n) is 7.14. The van der Waals surface area contributed by atoms with Crippen LogP contribution in [0.2, 0.25) is 0 Å². The molecule has 0 radical (unpaired) electrons. The van der Waals surface area contributed by atoms with Gasteiger partial charge in [0.05, 0.1) is 39.5 Å². The van der Waals surface area contributed by atoms with Crippen LogP contribution in [-0.2, 0) is 11.3 Å². The van der Waals surface area contributed by atoms with E-state index in [1.165, 1.54) is 21.3 Å². The maximum absolute atomic E-state index is 13.0. The molecule has 1 heterocycles. The Hall–Kier alpha value is -3.06. The summed E-state index contributed by atoms with van der Waals surface area (Å²) in [5.74, 6) is 1.03. The van der Waals surface area contributed by atoms with Gasteiger partial charge in [-0.05, 0) is 37.1 Å². The normalized spacial score (nSPS) is 16.2. The molecule has 2 aromatic carbocycles. The Balaban J connectivity index is 1.69. The fourth-order valence-corrected chi connectivity index (χ4v) is 3.81. The lowest BCUT2D eigenvalue weighted by Crippen LogP contribution is -2.44. The highest BCUT2D eigenvalue weighted by Gasteiger charge is 2.33. The number of Topliss-reactive ketones (excluding diaryl/α,β-unsaturated/α-hetero) is 1. The third-order valence-electron chi connectivity index (χ3n) is 5.33. The summed E-state index contributed by atoms with van der Waals surface area (Å²) in [7, 11) is 4.52. The number of carbonyl (C=O) groups is 2. The molecule has 1 saturated heterocycles. The van der Waals surface area contributed by atoms with Gasteiger partial charge in [-0.1, -0.05) is 30.3 Å². The Morgan fingerprint density at radius 1 is 1.00 bits per heavy atom. The molecule has 2 aromatic rings. The van der Waals surface area contributed by atoms with Crippen LogP contribution in [0.25, 0.3) is 0 Å². The fourth-order valence-electron chi connectivity index (χ4n) is 3.81. The average molecular weight is 412 g/mol. The fraction of sp³-hybridized carbons (Fsp3) is 0.391. The first-order chi connectivity index (χ1) is 14.6. The number of benzene rings is 2. The molecule has 1 fully saturated rings. The van der Waals surface area contributed by atoms with Crippen molar-refractivity contribution in [1.29, 1.82) is 0 Å². The van der Waals surface area contributed by atoms with Crippen LogP contribution in [-0.4, -0.2) is 57.1 Å². The molecule has 7 heteroatoms. The topological polar surface area (TPSA) is 77.1 Å². The number of hydrogen-bond acceptors (Lipinski definition) is 6. The molecular formula is C23H28N2O5. The number of nitrogens with one attached hydrogen (secondary N) is 1. The third kappa shape index (κ3) is 4.74. The highest BCUT2D eigenvalue weighted by Crippen LogP contribution is 2.40. The molecule has 0 spiro atoms. The quantitative estimate of drug-likeness (QED) is 0.638. The zero-order valence-corrected chi connectivity index (χ0v) is 17.6. The standard InChI is InChI=1S/C23H28N2O5/c1-28-20-12-11-17(21(29-2)22(20)30-3)19(26)15-25-13-7-10-18(25)23(27)24-14-16-8-5-4-6-9-16/h4-6,8-9,11-12,18H,7,10,13-15H2,1-3H3,(H,24,27)/t18-/m0/s1. The molecule has 160 valence electrons. The number of amides is 1. The smallest absolute Gasteiger partial charge is 0.237 e. The van der Waals surface area contributed by atoms with Crippen molar-refractivity contribution in [2.24, 2.45) is 0 Å². The zero-order valence-electron chi connectivity index (χ0n) is 17.6. The summed E-state index contributed by atoms with van der Waals surface area (Å²) < 4.78 is 16.1. The number of carbonyl (C=O) groups excluding carboxylic acids is 2. The Morgan fingerprint density at radius 3 is 2.40 bits per heavy atom. The summed E-state index contributed by atoms with van der Waals surface area (Å²) in [6, 6.07) is 12.8. The van der Waals surface area contributed by atoms with Crippen molar-refractivity contribution in [3.05, 3.63) is 53.6 Å². The van der Waals surface area contributed by atoms with Gasteiger partial charge in [-0.25, -0.2) is 0 Å². The van der Waals surface area contributed by atoms with Crippen LogP contribution < -0.4 is 19.5 Å². The number of methoxy groups -OCH3 is 3. The Morgan fingerprint density at radius 2 is 1.73 bits per heavy atom. The Kier molecular flexibility index (Phi) is 7.30. The lowest BCUT2D eigenvalue weighted by molar-refractivity contribution is -0.125. The van der Waals surface area contributed by atoms with Gasteiger partial charge < -0.3 is 19.5 Å². The van der Waals surface area contributed by atoms with Crippen molar-refractivity contribution in [2.45, 2.75) is 25.4 Å². The van der Waals surface area contributed by atoms with Crippen LogP contribution in [0.1, 0.15) is 28.8 Å². The number of rotatable bonds is 9. The molecule has 0 aliphatic carbocycles. The molecule has 7 nitrogen and oxygen atoms in total. The van der Waals surface area contributed by atoms with E-state index in [2.05, 4.69) is 5.32 Å². The molecule has 3 rings (SSSR count). The van der Waals surface area contributed by atoms with Crippen LogP contribution in [0.15, 0.2) is 42.5 Å². The first-order valence-corrected chi connectivity index (χ1v) is 9.96. The first kappa shape index (κ1) is 21.6.